The molecular weight excluding hydrogens is 418 g/mol. The number of carbonyl (C=O) groups is 2. The van der Waals surface area contributed by atoms with Gasteiger partial charge in [-0.05, 0) is 34.9 Å². The summed E-state index contributed by atoms with van der Waals surface area (Å²) in [4.78, 5) is 32.2. The number of likely N-dealkylation sites (N-methyl/N-ethyl adjacent to an activating group) is 1. The number of amides is 2. The summed E-state index contributed by atoms with van der Waals surface area (Å²) in [7, 11) is 3.12. The van der Waals surface area contributed by atoms with Crippen LogP contribution in [0.3, 0.4) is 0 Å². The predicted octanol–water partition coefficient (Wildman–Crippen LogP) is 2.96. The SMILES string of the molecule is CNC(=O)C1(Cc2cccc(-c3cccnc3)c2)CN(C(=O)c2ccccc2OC)CCO1. The lowest BCUT2D eigenvalue weighted by Crippen LogP contribution is -2.61. The number of benzene rings is 2. The van der Waals surface area contributed by atoms with E-state index < -0.39 is 5.60 Å². The summed E-state index contributed by atoms with van der Waals surface area (Å²) in [5.41, 5.74) is 2.20. The van der Waals surface area contributed by atoms with Crippen LogP contribution in [0.4, 0.5) is 0 Å². The highest BCUT2D eigenvalue weighted by Crippen LogP contribution is 2.28. The summed E-state index contributed by atoms with van der Waals surface area (Å²) in [5, 5.41) is 2.73. The molecule has 1 aromatic heterocycles. The second kappa shape index (κ2) is 9.83. The van der Waals surface area contributed by atoms with Crippen molar-refractivity contribution < 1.29 is 19.1 Å². The molecule has 2 amide bonds. The topological polar surface area (TPSA) is 80.8 Å². The lowest BCUT2D eigenvalue weighted by atomic mass is 9.89. The van der Waals surface area contributed by atoms with E-state index in [0.29, 0.717) is 24.3 Å². The van der Waals surface area contributed by atoms with E-state index in [1.807, 2.05) is 42.5 Å². The van der Waals surface area contributed by atoms with Gasteiger partial charge in [0.25, 0.3) is 11.8 Å². The zero-order chi connectivity index (χ0) is 23.3. The molecule has 0 radical (unpaired) electrons. The van der Waals surface area contributed by atoms with Crippen LogP contribution in [0.2, 0.25) is 0 Å². The lowest BCUT2D eigenvalue weighted by molar-refractivity contribution is -0.156. The van der Waals surface area contributed by atoms with Crippen LogP contribution >= 0.6 is 0 Å². The second-order valence-corrected chi connectivity index (χ2v) is 7.97. The van der Waals surface area contributed by atoms with Crippen molar-refractivity contribution in [2.75, 3.05) is 33.9 Å². The minimum absolute atomic E-state index is 0.140. The summed E-state index contributed by atoms with van der Waals surface area (Å²) in [6.07, 6.45) is 3.87. The fourth-order valence-corrected chi connectivity index (χ4v) is 4.23. The molecule has 1 unspecified atom stereocenters. The van der Waals surface area contributed by atoms with Gasteiger partial charge in [-0.15, -0.1) is 0 Å². The zero-order valence-corrected chi connectivity index (χ0v) is 18.8. The first-order valence-corrected chi connectivity index (χ1v) is 10.8. The van der Waals surface area contributed by atoms with Gasteiger partial charge in [-0.1, -0.05) is 42.5 Å². The number of nitrogens with one attached hydrogen (secondary N) is 1. The molecule has 2 heterocycles. The summed E-state index contributed by atoms with van der Waals surface area (Å²) in [6.45, 7) is 0.794. The Morgan fingerprint density at radius 1 is 1.12 bits per heavy atom. The van der Waals surface area contributed by atoms with Crippen molar-refractivity contribution in [2.45, 2.75) is 12.0 Å². The first-order valence-electron chi connectivity index (χ1n) is 10.8. The Morgan fingerprint density at radius 2 is 1.94 bits per heavy atom. The summed E-state index contributed by atoms with van der Waals surface area (Å²) in [5.74, 6) is 0.0589. The van der Waals surface area contributed by atoms with Gasteiger partial charge in [-0.25, -0.2) is 0 Å². The maximum atomic E-state index is 13.3. The van der Waals surface area contributed by atoms with Gasteiger partial charge < -0.3 is 19.7 Å². The van der Waals surface area contributed by atoms with Crippen molar-refractivity contribution in [1.29, 1.82) is 0 Å². The Hall–Kier alpha value is -3.71. The van der Waals surface area contributed by atoms with Gasteiger partial charge >= 0.3 is 0 Å². The van der Waals surface area contributed by atoms with Gasteiger partial charge in [0.2, 0.25) is 0 Å². The number of para-hydroxylation sites is 1. The maximum absolute atomic E-state index is 13.3. The van der Waals surface area contributed by atoms with Crippen molar-refractivity contribution in [2.24, 2.45) is 0 Å². The molecule has 0 saturated carbocycles. The molecule has 33 heavy (non-hydrogen) atoms. The molecular formula is C26H27N3O4. The third-order valence-corrected chi connectivity index (χ3v) is 5.86. The van der Waals surface area contributed by atoms with Gasteiger partial charge in [0.05, 0.1) is 25.8 Å². The fraction of sp³-hybridized carbons (Fsp3) is 0.269. The average Bonchev–Trinajstić information content (AvgIpc) is 2.88. The molecule has 1 aliphatic heterocycles. The Balaban J connectivity index is 1.63. The number of morpholine rings is 1. The average molecular weight is 446 g/mol. The van der Waals surface area contributed by atoms with Crippen molar-refractivity contribution in [3.63, 3.8) is 0 Å². The standard InChI is InChI=1S/C26H27N3O4/c1-27-25(31)26(16-19-7-5-8-20(15-19)21-9-6-12-28-17-21)18-29(13-14-33-26)24(30)22-10-3-4-11-23(22)32-2/h3-12,15,17H,13-14,16,18H2,1-2H3,(H,27,31). The predicted molar refractivity (Wildman–Crippen MR) is 125 cm³/mol. The molecule has 1 saturated heterocycles. The Labute approximate surface area is 193 Å². The van der Waals surface area contributed by atoms with Crippen LogP contribution in [0.15, 0.2) is 73.1 Å². The molecule has 3 aromatic rings. The Kier molecular flexibility index (Phi) is 6.70. The summed E-state index contributed by atoms with van der Waals surface area (Å²) < 4.78 is 11.5. The van der Waals surface area contributed by atoms with Gasteiger partial charge in [-0.3, -0.25) is 14.6 Å². The van der Waals surface area contributed by atoms with Crippen LogP contribution in [0.5, 0.6) is 5.75 Å². The number of carbonyl (C=O) groups excluding carboxylic acids is 2. The van der Waals surface area contributed by atoms with Crippen LogP contribution in [0.25, 0.3) is 11.1 Å². The molecule has 0 spiro atoms. The maximum Gasteiger partial charge on any atom is 0.257 e. The number of rotatable bonds is 6. The second-order valence-electron chi connectivity index (χ2n) is 7.97. The van der Waals surface area contributed by atoms with Crippen LogP contribution in [0.1, 0.15) is 15.9 Å². The van der Waals surface area contributed by atoms with Crippen LogP contribution in [-0.2, 0) is 16.0 Å². The number of pyridine rings is 1. The van der Waals surface area contributed by atoms with E-state index in [0.717, 1.165) is 16.7 Å². The van der Waals surface area contributed by atoms with Crippen LogP contribution in [0, 0.1) is 0 Å². The van der Waals surface area contributed by atoms with Crippen molar-refractivity contribution in [3.05, 3.63) is 84.2 Å². The van der Waals surface area contributed by atoms with E-state index in [-0.39, 0.29) is 25.0 Å². The van der Waals surface area contributed by atoms with Crippen molar-refractivity contribution in [3.8, 4) is 16.9 Å². The minimum Gasteiger partial charge on any atom is -0.496 e. The van der Waals surface area contributed by atoms with E-state index in [9.17, 15) is 9.59 Å². The molecule has 1 aliphatic rings. The monoisotopic (exact) mass is 445 g/mol. The third-order valence-electron chi connectivity index (χ3n) is 5.86. The highest BCUT2D eigenvalue weighted by Gasteiger charge is 2.45. The van der Waals surface area contributed by atoms with Crippen molar-refractivity contribution in [1.82, 2.24) is 15.2 Å². The minimum atomic E-state index is -1.20. The largest absolute Gasteiger partial charge is 0.496 e. The van der Waals surface area contributed by atoms with Gasteiger partial charge in [0.1, 0.15) is 5.75 Å². The number of aromatic nitrogens is 1. The van der Waals surface area contributed by atoms with Gasteiger partial charge in [0.15, 0.2) is 5.60 Å². The number of nitrogens with zero attached hydrogens (tertiary/aromatic N) is 2. The molecule has 7 heteroatoms. The van der Waals surface area contributed by atoms with E-state index in [4.69, 9.17) is 9.47 Å². The Bertz CT molecular complexity index is 1140. The normalized spacial score (nSPS) is 17.9. The number of hydrogen-bond donors (Lipinski definition) is 1. The summed E-state index contributed by atoms with van der Waals surface area (Å²) >= 11 is 0. The lowest BCUT2D eigenvalue weighted by Gasteiger charge is -2.41. The first-order chi connectivity index (χ1) is 16.1. The van der Waals surface area contributed by atoms with E-state index in [1.165, 1.54) is 7.11 Å². The Morgan fingerprint density at radius 3 is 2.70 bits per heavy atom. The van der Waals surface area contributed by atoms with Crippen LogP contribution in [-0.4, -0.2) is 61.2 Å². The van der Waals surface area contributed by atoms with E-state index in [1.54, 1.807) is 42.5 Å². The van der Waals surface area contributed by atoms with Gasteiger partial charge in [-0.2, -0.15) is 0 Å². The third kappa shape index (κ3) is 4.73. The number of hydrogen-bond acceptors (Lipinski definition) is 5. The first kappa shape index (κ1) is 22.5. The molecule has 2 aromatic carbocycles. The number of ether oxygens (including phenoxy) is 2. The molecule has 1 fully saturated rings. The van der Waals surface area contributed by atoms with E-state index in [2.05, 4.69) is 10.3 Å². The van der Waals surface area contributed by atoms with Gasteiger partial charge in [0, 0.05) is 32.4 Å². The molecule has 1 N–H and O–H groups in total. The molecule has 1 atom stereocenters. The molecule has 0 aliphatic carbocycles. The molecule has 4 rings (SSSR count). The van der Waals surface area contributed by atoms with Crippen LogP contribution < -0.4 is 10.1 Å². The number of methoxy groups -OCH3 is 1. The van der Waals surface area contributed by atoms with E-state index >= 15 is 0 Å². The smallest absolute Gasteiger partial charge is 0.257 e. The highest BCUT2D eigenvalue weighted by atomic mass is 16.5. The highest BCUT2D eigenvalue weighted by molar-refractivity contribution is 5.97. The summed E-state index contributed by atoms with van der Waals surface area (Å²) in [6, 6.07) is 18.9. The molecule has 7 nitrogen and oxygen atoms in total. The quantitative estimate of drug-likeness (QED) is 0.631. The molecule has 170 valence electrons. The fourth-order valence-electron chi connectivity index (χ4n) is 4.23. The van der Waals surface area contributed by atoms with Crippen molar-refractivity contribution >= 4 is 11.8 Å². The zero-order valence-electron chi connectivity index (χ0n) is 18.8. The molecule has 0 bridgehead atoms.